The Morgan fingerprint density at radius 3 is 2.42 bits per heavy atom. The van der Waals surface area contributed by atoms with Gasteiger partial charge in [0.15, 0.2) is 0 Å². The van der Waals surface area contributed by atoms with E-state index in [1.807, 2.05) is 20.8 Å². The normalized spacial score (nSPS) is 11.5. The Balaban J connectivity index is 2.12. The largest absolute Gasteiger partial charge is 0.319 e. The summed E-state index contributed by atoms with van der Waals surface area (Å²) in [5, 5.41) is 6.96. The van der Waals surface area contributed by atoms with Crippen LogP contribution in [0.4, 0.5) is 5.69 Å². The number of anilines is 1. The Morgan fingerprint density at radius 1 is 1.21 bits per heavy atom. The molecule has 8 heteroatoms. The van der Waals surface area contributed by atoms with Crippen LogP contribution in [0, 0.1) is 6.92 Å². The van der Waals surface area contributed by atoms with Crippen molar-refractivity contribution in [2.75, 3.05) is 11.9 Å². The summed E-state index contributed by atoms with van der Waals surface area (Å²) >= 11 is 0. The van der Waals surface area contributed by atoms with E-state index in [1.165, 1.54) is 24.3 Å². The first-order valence-electron chi connectivity index (χ1n) is 7.82. The fourth-order valence-electron chi connectivity index (χ4n) is 2.19. The summed E-state index contributed by atoms with van der Waals surface area (Å²) in [6.45, 7) is 6.83. The van der Waals surface area contributed by atoms with E-state index >= 15 is 0 Å². The van der Waals surface area contributed by atoms with Crippen molar-refractivity contribution in [3.05, 3.63) is 41.7 Å². The van der Waals surface area contributed by atoms with Crippen molar-refractivity contribution < 1.29 is 13.2 Å². The van der Waals surface area contributed by atoms with Crippen LogP contribution in [0.15, 0.2) is 35.4 Å². The molecule has 1 heterocycles. The lowest BCUT2D eigenvalue weighted by molar-refractivity contribution is 0.102. The van der Waals surface area contributed by atoms with Gasteiger partial charge in [0.25, 0.3) is 5.91 Å². The van der Waals surface area contributed by atoms with Crippen LogP contribution in [0.5, 0.6) is 0 Å². The maximum absolute atomic E-state index is 12.3. The molecule has 2 aromatic rings. The highest BCUT2D eigenvalue weighted by molar-refractivity contribution is 7.89. The van der Waals surface area contributed by atoms with Crippen molar-refractivity contribution in [1.29, 1.82) is 0 Å². The highest BCUT2D eigenvalue weighted by atomic mass is 32.2. The highest BCUT2D eigenvalue weighted by Crippen LogP contribution is 2.16. The van der Waals surface area contributed by atoms with Gasteiger partial charge >= 0.3 is 0 Å². The van der Waals surface area contributed by atoms with E-state index in [4.69, 9.17) is 0 Å². The summed E-state index contributed by atoms with van der Waals surface area (Å²) in [6, 6.07) is 5.84. The van der Waals surface area contributed by atoms with E-state index in [0.717, 1.165) is 12.2 Å². The molecule has 1 aromatic carbocycles. The van der Waals surface area contributed by atoms with Gasteiger partial charge in [-0.1, -0.05) is 6.92 Å². The molecule has 0 atom stereocenters. The first kappa shape index (κ1) is 18.2. The van der Waals surface area contributed by atoms with Crippen LogP contribution in [0.25, 0.3) is 0 Å². The standard InChI is InChI=1S/C16H22N4O3S/c1-4-10-18-24(22,23)14-8-6-13(7-9-14)16(21)19-15-11-17-20(5-2)12(15)3/h6-9,11,18H,4-5,10H2,1-3H3,(H,19,21). The number of rotatable bonds is 7. The average molecular weight is 350 g/mol. The van der Waals surface area contributed by atoms with Crippen LogP contribution < -0.4 is 10.0 Å². The zero-order valence-electron chi connectivity index (χ0n) is 14.0. The molecular formula is C16H22N4O3S. The molecule has 0 fully saturated rings. The predicted octanol–water partition coefficient (Wildman–Crippen LogP) is 2.15. The summed E-state index contributed by atoms with van der Waals surface area (Å²) in [5.74, 6) is -0.306. The molecule has 1 aromatic heterocycles. The Hall–Kier alpha value is -2.19. The lowest BCUT2D eigenvalue weighted by Crippen LogP contribution is -2.24. The second kappa shape index (κ2) is 7.59. The van der Waals surface area contributed by atoms with Crippen molar-refractivity contribution in [3.8, 4) is 0 Å². The molecule has 24 heavy (non-hydrogen) atoms. The molecule has 0 saturated carbocycles. The third-order valence-electron chi connectivity index (χ3n) is 3.62. The van der Waals surface area contributed by atoms with Crippen LogP contribution >= 0.6 is 0 Å². The minimum Gasteiger partial charge on any atom is -0.319 e. The number of carbonyl (C=O) groups is 1. The molecule has 0 spiro atoms. The summed E-state index contributed by atoms with van der Waals surface area (Å²) < 4.78 is 28.3. The lowest BCUT2D eigenvalue weighted by Gasteiger charge is -2.08. The van der Waals surface area contributed by atoms with E-state index in [2.05, 4.69) is 15.1 Å². The molecule has 1 amide bonds. The maximum Gasteiger partial charge on any atom is 0.255 e. The van der Waals surface area contributed by atoms with Gasteiger partial charge in [-0.3, -0.25) is 9.48 Å². The van der Waals surface area contributed by atoms with Crippen molar-refractivity contribution in [2.45, 2.75) is 38.6 Å². The zero-order chi connectivity index (χ0) is 17.7. The van der Waals surface area contributed by atoms with Gasteiger partial charge in [-0.2, -0.15) is 5.10 Å². The van der Waals surface area contributed by atoms with Crippen LogP contribution in [-0.2, 0) is 16.6 Å². The van der Waals surface area contributed by atoms with Crippen molar-refractivity contribution in [1.82, 2.24) is 14.5 Å². The van der Waals surface area contributed by atoms with Crippen molar-refractivity contribution in [2.24, 2.45) is 0 Å². The second-order valence-corrected chi connectivity index (χ2v) is 7.10. The van der Waals surface area contributed by atoms with E-state index in [1.54, 1.807) is 10.9 Å². The first-order chi connectivity index (χ1) is 11.4. The Kier molecular flexibility index (Phi) is 5.74. The minimum atomic E-state index is -3.53. The monoisotopic (exact) mass is 350 g/mol. The number of nitrogens with zero attached hydrogens (tertiary/aromatic N) is 2. The number of aromatic nitrogens is 2. The number of amides is 1. The van der Waals surface area contributed by atoms with E-state index in [-0.39, 0.29) is 10.8 Å². The smallest absolute Gasteiger partial charge is 0.255 e. The predicted molar refractivity (Wildman–Crippen MR) is 92.5 cm³/mol. The fourth-order valence-corrected chi connectivity index (χ4v) is 3.32. The topological polar surface area (TPSA) is 93.1 Å². The number of hydrogen-bond donors (Lipinski definition) is 2. The fraction of sp³-hybridized carbons (Fsp3) is 0.375. The molecule has 130 valence electrons. The number of hydrogen-bond acceptors (Lipinski definition) is 4. The van der Waals surface area contributed by atoms with Gasteiger partial charge in [0.2, 0.25) is 10.0 Å². The zero-order valence-corrected chi connectivity index (χ0v) is 14.9. The molecule has 0 aliphatic heterocycles. The van der Waals surface area contributed by atoms with Crippen LogP contribution in [0.3, 0.4) is 0 Å². The van der Waals surface area contributed by atoms with E-state index in [0.29, 0.717) is 24.2 Å². The molecule has 7 nitrogen and oxygen atoms in total. The third-order valence-corrected chi connectivity index (χ3v) is 5.10. The van der Waals surface area contributed by atoms with Crippen molar-refractivity contribution in [3.63, 3.8) is 0 Å². The molecule has 2 rings (SSSR count). The number of sulfonamides is 1. The maximum atomic E-state index is 12.3. The third kappa shape index (κ3) is 4.01. The van der Waals surface area contributed by atoms with E-state index < -0.39 is 10.0 Å². The van der Waals surface area contributed by atoms with Gasteiger partial charge in [0.1, 0.15) is 0 Å². The first-order valence-corrected chi connectivity index (χ1v) is 9.30. The van der Waals surface area contributed by atoms with E-state index in [9.17, 15) is 13.2 Å². The van der Waals surface area contributed by atoms with Gasteiger partial charge in [-0.05, 0) is 44.5 Å². The summed E-state index contributed by atoms with van der Waals surface area (Å²) in [4.78, 5) is 12.4. The second-order valence-electron chi connectivity index (χ2n) is 5.34. The Labute approximate surface area is 142 Å². The molecular weight excluding hydrogens is 328 g/mol. The SMILES string of the molecule is CCCNS(=O)(=O)c1ccc(C(=O)Nc2cnn(CC)c2C)cc1. The Bertz CT molecular complexity index is 810. The van der Waals surface area contributed by atoms with Gasteiger partial charge in [-0.15, -0.1) is 0 Å². The molecule has 0 saturated heterocycles. The van der Waals surface area contributed by atoms with Crippen LogP contribution in [0.2, 0.25) is 0 Å². The lowest BCUT2D eigenvalue weighted by atomic mass is 10.2. The van der Waals surface area contributed by atoms with Gasteiger partial charge in [0, 0.05) is 18.7 Å². The number of nitrogens with one attached hydrogen (secondary N) is 2. The van der Waals surface area contributed by atoms with Gasteiger partial charge in [0.05, 0.1) is 22.5 Å². The Morgan fingerprint density at radius 2 is 1.88 bits per heavy atom. The van der Waals surface area contributed by atoms with Crippen molar-refractivity contribution >= 4 is 21.6 Å². The summed E-state index contributed by atoms with van der Waals surface area (Å²) in [6.07, 6.45) is 2.31. The number of aryl methyl sites for hydroxylation is 1. The number of benzene rings is 1. The van der Waals surface area contributed by atoms with Crippen LogP contribution in [0.1, 0.15) is 36.3 Å². The molecule has 0 unspecified atom stereocenters. The molecule has 0 bridgehead atoms. The summed E-state index contributed by atoms with van der Waals surface area (Å²) in [5.41, 5.74) is 1.89. The molecule has 0 aliphatic carbocycles. The van der Waals surface area contributed by atoms with Gasteiger partial charge in [-0.25, -0.2) is 13.1 Å². The van der Waals surface area contributed by atoms with Crippen LogP contribution in [-0.4, -0.2) is 30.7 Å². The number of carbonyl (C=O) groups excluding carboxylic acids is 1. The molecule has 2 N–H and O–H groups in total. The highest BCUT2D eigenvalue weighted by Gasteiger charge is 2.15. The minimum absolute atomic E-state index is 0.141. The summed E-state index contributed by atoms with van der Waals surface area (Å²) in [7, 11) is -3.53. The molecule has 0 radical (unpaired) electrons. The average Bonchev–Trinajstić information content (AvgIpc) is 2.93. The molecule has 0 aliphatic rings. The van der Waals surface area contributed by atoms with Gasteiger partial charge < -0.3 is 5.32 Å². The quantitative estimate of drug-likeness (QED) is 0.800.